The van der Waals surface area contributed by atoms with Gasteiger partial charge in [-0.3, -0.25) is 0 Å². The van der Waals surface area contributed by atoms with Gasteiger partial charge in [-0.25, -0.2) is 0 Å². The first-order valence-corrected chi connectivity index (χ1v) is 7.90. The van der Waals surface area contributed by atoms with Crippen LogP contribution in [0.25, 0.3) is 0 Å². The largest absolute Gasteiger partial charge is 0.396 e. The molecule has 0 radical (unpaired) electrons. The molecule has 2 unspecified atom stereocenters. The van der Waals surface area contributed by atoms with Gasteiger partial charge in [0.1, 0.15) is 0 Å². The summed E-state index contributed by atoms with van der Waals surface area (Å²) >= 11 is 1.95. The normalized spacial score (nSPS) is 26.6. The smallest absolute Gasteiger partial charge is 0.0438 e. The van der Waals surface area contributed by atoms with Crippen LogP contribution in [-0.2, 0) is 0 Å². The maximum Gasteiger partial charge on any atom is 0.0438 e. The Kier molecular flexibility index (Phi) is 8.34. The van der Waals surface area contributed by atoms with Crippen molar-refractivity contribution in [3.63, 3.8) is 0 Å². The lowest BCUT2D eigenvalue weighted by molar-refractivity contribution is 0.296. The van der Waals surface area contributed by atoms with E-state index in [1.807, 2.05) is 11.8 Å². The van der Waals surface area contributed by atoms with Crippen molar-refractivity contribution in [2.75, 3.05) is 24.7 Å². The molecule has 1 aliphatic carbocycles. The Balaban J connectivity index is 1.95. The van der Waals surface area contributed by atoms with E-state index in [0.29, 0.717) is 6.61 Å². The number of nitrogens with one attached hydrogen (secondary N) is 1. The van der Waals surface area contributed by atoms with Crippen molar-refractivity contribution in [3.8, 4) is 0 Å². The van der Waals surface area contributed by atoms with Gasteiger partial charge in [0.25, 0.3) is 0 Å². The molecular weight excluding hydrogens is 218 g/mol. The van der Waals surface area contributed by atoms with Gasteiger partial charge in [0.05, 0.1) is 0 Å². The molecule has 0 saturated heterocycles. The molecule has 0 spiro atoms. The fourth-order valence-electron chi connectivity index (χ4n) is 2.30. The zero-order chi connectivity index (χ0) is 11.6. The molecule has 0 bridgehead atoms. The Morgan fingerprint density at radius 3 is 2.88 bits per heavy atom. The molecule has 1 aliphatic rings. The predicted octanol–water partition coefficient (Wildman–Crippen LogP) is 2.66. The van der Waals surface area contributed by atoms with E-state index in [2.05, 4.69) is 12.2 Å². The minimum absolute atomic E-state index is 0.334. The first kappa shape index (κ1) is 14.3. The average molecular weight is 245 g/mol. The second-order valence-corrected chi connectivity index (χ2v) is 6.18. The van der Waals surface area contributed by atoms with Crippen molar-refractivity contribution in [3.05, 3.63) is 0 Å². The molecule has 0 aromatic heterocycles. The van der Waals surface area contributed by atoms with Crippen molar-refractivity contribution in [1.29, 1.82) is 0 Å². The molecule has 1 saturated carbocycles. The first-order valence-electron chi connectivity index (χ1n) is 6.75. The lowest BCUT2D eigenvalue weighted by Crippen LogP contribution is -2.30. The van der Waals surface area contributed by atoms with Crippen LogP contribution in [0.15, 0.2) is 0 Å². The van der Waals surface area contributed by atoms with Crippen LogP contribution >= 0.6 is 11.8 Å². The second kappa shape index (κ2) is 9.32. The molecule has 3 heteroatoms. The summed E-state index contributed by atoms with van der Waals surface area (Å²) in [6.45, 7) is 3.85. The van der Waals surface area contributed by atoms with Crippen LogP contribution in [0.3, 0.4) is 0 Å². The molecule has 0 amide bonds. The summed E-state index contributed by atoms with van der Waals surface area (Å²) in [6.07, 6.45) is 7.88. The van der Waals surface area contributed by atoms with Crippen LogP contribution in [0.4, 0.5) is 0 Å². The molecule has 2 nitrogen and oxygen atoms in total. The van der Waals surface area contributed by atoms with Crippen LogP contribution in [0, 0.1) is 5.92 Å². The summed E-state index contributed by atoms with van der Waals surface area (Å²) < 4.78 is 0. The van der Waals surface area contributed by atoms with Crippen molar-refractivity contribution in [2.45, 2.75) is 51.5 Å². The standard InChI is InChI=1S/C13H27NOS/c1-12-4-2-5-13(7-6-12)14-8-11-16-10-3-9-15/h12-15H,2-11H2,1H3. The van der Waals surface area contributed by atoms with Gasteiger partial charge in [-0.05, 0) is 37.4 Å². The predicted molar refractivity (Wildman–Crippen MR) is 73.1 cm³/mol. The molecule has 0 aromatic rings. The maximum atomic E-state index is 8.65. The Bertz CT molecular complexity index is 166. The Hall–Kier alpha value is 0.270. The molecule has 1 fully saturated rings. The van der Waals surface area contributed by atoms with E-state index < -0.39 is 0 Å². The quantitative estimate of drug-likeness (QED) is 0.534. The fraction of sp³-hybridized carbons (Fsp3) is 1.00. The lowest BCUT2D eigenvalue weighted by atomic mass is 10.0. The summed E-state index contributed by atoms with van der Waals surface area (Å²) in [6, 6.07) is 0.767. The highest BCUT2D eigenvalue weighted by atomic mass is 32.2. The molecule has 0 aromatic carbocycles. The SMILES string of the molecule is CC1CCCC(NCCSCCCO)CC1. The Labute approximate surface area is 105 Å². The summed E-state index contributed by atoms with van der Waals surface area (Å²) in [5, 5.41) is 12.3. The highest BCUT2D eigenvalue weighted by Crippen LogP contribution is 2.22. The summed E-state index contributed by atoms with van der Waals surface area (Å²) in [4.78, 5) is 0. The number of aliphatic hydroxyl groups is 1. The number of aliphatic hydroxyl groups excluding tert-OH is 1. The van der Waals surface area contributed by atoms with Gasteiger partial charge in [-0.1, -0.05) is 19.8 Å². The average Bonchev–Trinajstić information content (AvgIpc) is 2.49. The van der Waals surface area contributed by atoms with E-state index >= 15 is 0 Å². The van der Waals surface area contributed by atoms with Gasteiger partial charge in [0, 0.05) is 24.9 Å². The van der Waals surface area contributed by atoms with Gasteiger partial charge in [-0.2, -0.15) is 11.8 Å². The van der Waals surface area contributed by atoms with Crippen molar-refractivity contribution >= 4 is 11.8 Å². The molecule has 2 N–H and O–H groups in total. The van der Waals surface area contributed by atoms with Crippen LogP contribution in [0.2, 0.25) is 0 Å². The van der Waals surface area contributed by atoms with E-state index in [9.17, 15) is 0 Å². The molecule has 96 valence electrons. The molecule has 0 heterocycles. The van der Waals surface area contributed by atoms with E-state index in [4.69, 9.17) is 5.11 Å². The lowest BCUT2D eigenvalue weighted by Gasteiger charge is -2.16. The van der Waals surface area contributed by atoms with Crippen molar-refractivity contribution < 1.29 is 5.11 Å². The number of hydrogen-bond donors (Lipinski definition) is 2. The highest BCUT2D eigenvalue weighted by molar-refractivity contribution is 7.99. The Morgan fingerprint density at radius 2 is 2.06 bits per heavy atom. The van der Waals surface area contributed by atoms with E-state index in [-0.39, 0.29) is 0 Å². The molecule has 1 rings (SSSR count). The molecule has 0 aliphatic heterocycles. The number of rotatable bonds is 7. The molecular formula is C13H27NOS. The van der Waals surface area contributed by atoms with Crippen LogP contribution < -0.4 is 5.32 Å². The minimum Gasteiger partial charge on any atom is -0.396 e. The summed E-state index contributed by atoms with van der Waals surface area (Å²) in [5.74, 6) is 3.22. The summed E-state index contributed by atoms with van der Waals surface area (Å²) in [5.41, 5.74) is 0. The summed E-state index contributed by atoms with van der Waals surface area (Å²) in [7, 11) is 0. The minimum atomic E-state index is 0.334. The van der Waals surface area contributed by atoms with Crippen molar-refractivity contribution in [2.24, 2.45) is 5.92 Å². The molecule has 2 atom stereocenters. The van der Waals surface area contributed by atoms with Gasteiger partial charge in [0.15, 0.2) is 0 Å². The third-order valence-electron chi connectivity index (χ3n) is 3.38. The second-order valence-electron chi connectivity index (χ2n) is 4.95. The van der Waals surface area contributed by atoms with Gasteiger partial charge >= 0.3 is 0 Å². The van der Waals surface area contributed by atoms with Crippen LogP contribution in [-0.4, -0.2) is 35.8 Å². The number of hydrogen-bond acceptors (Lipinski definition) is 3. The Morgan fingerprint density at radius 1 is 1.19 bits per heavy atom. The zero-order valence-electron chi connectivity index (χ0n) is 10.6. The van der Waals surface area contributed by atoms with Crippen molar-refractivity contribution in [1.82, 2.24) is 5.32 Å². The van der Waals surface area contributed by atoms with Gasteiger partial charge in [0.2, 0.25) is 0 Å². The highest BCUT2D eigenvalue weighted by Gasteiger charge is 2.14. The maximum absolute atomic E-state index is 8.65. The van der Waals surface area contributed by atoms with E-state index in [1.54, 1.807) is 0 Å². The third-order valence-corrected chi connectivity index (χ3v) is 4.45. The van der Waals surface area contributed by atoms with Gasteiger partial charge in [-0.15, -0.1) is 0 Å². The van der Waals surface area contributed by atoms with E-state index in [0.717, 1.165) is 30.7 Å². The first-order chi connectivity index (χ1) is 7.83. The third kappa shape index (κ3) is 6.77. The zero-order valence-corrected chi connectivity index (χ0v) is 11.4. The molecule has 16 heavy (non-hydrogen) atoms. The monoisotopic (exact) mass is 245 g/mol. The van der Waals surface area contributed by atoms with Crippen LogP contribution in [0.5, 0.6) is 0 Å². The fourth-order valence-corrected chi connectivity index (χ4v) is 3.09. The topological polar surface area (TPSA) is 32.3 Å². The van der Waals surface area contributed by atoms with E-state index in [1.165, 1.54) is 37.9 Å². The van der Waals surface area contributed by atoms with Gasteiger partial charge < -0.3 is 10.4 Å². The number of thioether (sulfide) groups is 1. The van der Waals surface area contributed by atoms with Crippen LogP contribution in [0.1, 0.15) is 45.4 Å².